The first-order valence-electron chi connectivity index (χ1n) is 14.3. The van der Waals surface area contributed by atoms with Crippen LogP contribution in [0.4, 0.5) is 10.2 Å². The Hall–Kier alpha value is -3.20. The van der Waals surface area contributed by atoms with Gasteiger partial charge in [0.2, 0.25) is 0 Å². The molecule has 0 unspecified atom stereocenters. The summed E-state index contributed by atoms with van der Waals surface area (Å²) in [5.41, 5.74) is 0.911. The fraction of sp³-hybridized carbons (Fsp3) is 0.419. The van der Waals surface area contributed by atoms with E-state index < -0.39 is 5.82 Å². The van der Waals surface area contributed by atoms with Crippen LogP contribution >= 0.6 is 11.6 Å². The monoisotopic (exact) mass is 561 g/mol. The van der Waals surface area contributed by atoms with E-state index in [0.717, 1.165) is 56.3 Å². The molecule has 2 N–H and O–H groups in total. The van der Waals surface area contributed by atoms with Crippen LogP contribution in [0.25, 0.3) is 32.8 Å². The maximum Gasteiger partial charge on any atom is 0.319 e. The molecule has 9 heteroatoms. The second kappa shape index (κ2) is 10.7. The summed E-state index contributed by atoms with van der Waals surface area (Å²) in [6.07, 6.45) is 5.93. The number of nitrogens with zero attached hydrogens (tertiary/aromatic N) is 4. The average molecular weight is 562 g/mol. The van der Waals surface area contributed by atoms with Crippen molar-refractivity contribution in [2.24, 2.45) is 0 Å². The summed E-state index contributed by atoms with van der Waals surface area (Å²) >= 11 is 6.84. The van der Waals surface area contributed by atoms with Gasteiger partial charge in [-0.25, -0.2) is 4.39 Å². The molecule has 3 aromatic carbocycles. The molecular weight excluding hydrogens is 529 g/mol. The Kier molecular flexibility index (Phi) is 6.86. The molecular formula is C31H33ClFN5O2. The van der Waals surface area contributed by atoms with E-state index in [1.807, 2.05) is 24.3 Å². The highest BCUT2D eigenvalue weighted by molar-refractivity contribution is 6.35. The number of hydrogen-bond acceptors (Lipinski definition) is 7. The molecule has 4 aromatic rings. The van der Waals surface area contributed by atoms with Crippen molar-refractivity contribution < 1.29 is 14.2 Å². The van der Waals surface area contributed by atoms with Crippen molar-refractivity contribution in [1.82, 2.24) is 20.2 Å². The van der Waals surface area contributed by atoms with Crippen molar-refractivity contribution in [2.45, 2.75) is 44.2 Å². The topological polar surface area (TPSA) is 73.8 Å². The molecule has 208 valence electrons. The minimum Gasteiger partial charge on any atom is -0.508 e. The van der Waals surface area contributed by atoms with E-state index in [4.69, 9.17) is 21.3 Å². The minimum atomic E-state index is -0.541. The van der Waals surface area contributed by atoms with Crippen molar-refractivity contribution in [3.63, 3.8) is 0 Å². The fourth-order valence-corrected chi connectivity index (χ4v) is 6.93. The molecule has 7 rings (SSSR count). The van der Waals surface area contributed by atoms with Gasteiger partial charge in [0.15, 0.2) is 5.82 Å². The average Bonchev–Trinajstić information content (AvgIpc) is 3.30. The first-order valence-corrected chi connectivity index (χ1v) is 14.7. The quantitative estimate of drug-likeness (QED) is 0.310. The molecule has 40 heavy (non-hydrogen) atoms. The van der Waals surface area contributed by atoms with E-state index >= 15 is 4.39 Å². The van der Waals surface area contributed by atoms with E-state index in [0.29, 0.717) is 35.5 Å². The molecule has 3 fully saturated rings. The summed E-state index contributed by atoms with van der Waals surface area (Å²) in [5.74, 6) is 0.163. The Labute approximate surface area is 237 Å². The van der Waals surface area contributed by atoms with Gasteiger partial charge < -0.3 is 20.1 Å². The number of anilines is 1. The normalized spacial score (nSPS) is 21.4. The van der Waals surface area contributed by atoms with Crippen molar-refractivity contribution >= 4 is 39.1 Å². The van der Waals surface area contributed by atoms with Gasteiger partial charge in [0, 0.05) is 42.7 Å². The van der Waals surface area contributed by atoms with Crippen LogP contribution in [0, 0.1) is 5.82 Å². The molecule has 0 amide bonds. The first kappa shape index (κ1) is 25.7. The molecule has 0 radical (unpaired) electrons. The Balaban J connectivity index is 1.33. The number of rotatable bonds is 6. The molecule has 0 saturated carbocycles. The van der Waals surface area contributed by atoms with Crippen molar-refractivity contribution in [3.8, 4) is 22.9 Å². The molecule has 0 aliphatic carbocycles. The van der Waals surface area contributed by atoms with Gasteiger partial charge in [-0.1, -0.05) is 42.3 Å². The number of ether oxygens (including phenoxy) is 1. The van der Waals surface area contributed by atoms with Gasteiger partial charge in [-0.3, -0.25) is 4.90 Å². The third-order valence-electron chi connectivity index (χ3n) is 8.56. The van der Waals surface area contributed by atoms with Gasteiger partial charge >= 0.3 is 6.01 Å². The Bertz CT molecular complexity index is 1570. The van der Waals surface area contributed by atoms with Gasteiger partial charge in [0.05, 0.1) is 5.02 Å². The van der Waals surface area contributed by atoms with E-state index in [1.165, 1.54) is 19.3 Å². The summed E-state index contributed by atoms with van der Waals surface area (Å²) < 4.78 is 22.7. The Morgan fingerprint density at radius 2 is 1.77 bits per heavy atom. The SMILES string of the molecule is Oc1cc(-c2c(Cl)cc3c(N4C[C@H]5CC[C@@H](C4)N5)nc(OCCN4CCCCC4)nc3c2F)c2ccccc2c1. The van der Waals surface area contributed by atoms with Crippen LogP contribution < -0.4 is 15.0 Å². The molecule has 3 aliphatic heterocycles. The number of hydrogen-bond donors (Lipinski definition) is 2. The van der Waals surface area contributed by atoms with Crippen LogP contribution in [0.2, 0.25) is 5.02 Å². The second-order valence-corrected chi connectivity index (χ2v) is 11.7. The minimum absolute atomic E-state index is 0.0469. The van der Waals surface area contributed by atoms with Gasteiger partial charge in [-0.2, -0.15) is 9.97 Å². The third kappa shape index (κ3) is 4.82. The predicted molar refractivity (Wildman–Crippen MR) is 157 cm³/mol. The van der Waals surface area contributed by atoms with Crippen LogP contribution in [0.15, 0.2) is 42.5 Å². The lowest BCUT2D eigenvalue weighted by Gasteiger charge is -2.34. The van der Waals surface area contributed by atoms with Crippen LogP contribution in [-0.4, -0.2) is 71.4 Å². The molecule has 3 saturated heterocycles. The maximum atomic E-state index is 16.6. The van der Waals surface area contributed by atoms with Crippen LogP contribution in [0.1, 0.15) is 32.1 Å². The second-order valence-electron chi connectivity index (χ2n) is 11.3. The van der Waals surface area contributed by atoms with E-state index in [-0.39, 0.29) is 27.9 Å². The lowest BCUT2D eigenvalue weighted by molar-refractivity contribution is 0.177. The Morgan fingerprint density at radius 1 is 1.00 bits per heavy atom. The maximum absolute atomic E-state index is 16.6. The number of likely N-dealkylation sites (tertiary alicyclic amines) is 1. The molecule has 2 bridgehead atoms. The summed E-state index contributed by atoms with van der Waals surface area (Å²) in [6.45, 7) is 4.95. The van der Waals surface area contributed by atoms with E-state index in [2.05, 4.69) is 20.1 Å². The van der Waals surface area contributed by atoms with Crippen LogP contribution in [0.3, 0.4) is 0 Å². The number of aromatic nitrogens is 2. The number of halogens is 2. The molecule has 1 aromatic heterocycles. The highest BCUT2D eigenvalue weighted by Crippen LogP contribution is 2.42. The predicted octanol–water partition coefficient (Wildman–Crippen LogP) is 5.75. The molecule has 2 atom stereocenters. The van der Waals surface area contributed by atoms with Crippen molar-refractivity contribution in [2.75, 3.05) is 44.2 Å². The van der Waals surface area contributed by atoms with Gasteiger partial charge in [0.1, 0.15) is 23.7 Å². The lowest BCUT2D eigenvalue weighted by Crippen LogP contribution is -2.51. The lowest BCUT2D eigenvalue weighted by atomic mass is 9.96. The summed E-state index contributed by atoms with van der Waals surface area (Å²) in [6, 6.07) is 13.5. The number of aromatic hydroxyl groups is 1. The highest BCUT2D eigenvalue weighted by Gasteiger charge is 2.34. The van der Waals surface area contributed by atoms with Crippen LogP contribution in [-0.2, 0) is 0 Å². The fourth-order valence-electron chi connectivity index (χ4n) is 6.63. The summed E-state index contributed by atoms with van der Waals surface area (Å²) in [7, 11) is 0. The molecule has 4 heterocycles. The van der Waals surface area contributed by atoms with Gasteiger partial charge in [0.25, 0.3) is 0 Å². The number of nitrogens with one attached hydrogen (secondary N) is 1. The number of phenols is 1. The first-order chi connectivity index (χ1) is 19.5. The van der Waals surface area contributed by atoms with Gasteiger partial charge in [-0.15, -0.1) is 0 Å². The van der Waals surface area contributed by atoms with Crippen molar-refractivity contribution in [1.29, 1.82) is 0 Å². The molecule has 0 spiro atoms. The third-order valence-corrected chi connectivity index (χ3v) is 8.86. The Morgan fingerprint density at radius 3 is 2.58 bits per heavy atom. The highest BCUT2D eigenvalue weighted by atomic mass is 35.5. The zero-order valence-corrected chi connectivity index (χ0v) is 23.1. The van der Waals surface area contributed by atoms with E-state index in [1.54, 1.807) is 18.2 Å². The number of piperidine rings is 1. The standard InChI is InChI=1S/C31H33ClFN5O2/c32-26-16-25-29(28(33)27(26)24-15-22(39)14-19-6-2-3-7-23(19)24)35-31(40-13-12-37-10-4-1-5-11-37)36-30(25)38-17-20-8-9-21(18-38)34-20/h2-3,6-7,14-16,20-21,34,39H,1,4-5,8-13,17-18H2/t20-,21+. The number of fused-ring (bicyclic) bond motifs is 4. The number of phenolic OH excluding ortho intramolecular Hbond substituents is 1. The van der Waals surface area contributed by atoms with Gasteiger partial charge in [-0.05, 0) is 73.3 Å². The van der Waals surface area contributed by atoms with E-state index in [9.17, 15) is 5.11 Å². The largest absolute Gasteiger partial charge is 0.508 e. The zero-order valence-electron chi connectivity index (χ0n) is 22.4. The summed E-state index contributed by atoms with van der Waals surface area (Å²) in [4.78, 5) is 14.1. The van der Waals surface area contributed by atoms with Crippen LogP contribution in [0.5, 0.6) is 11.8 Å². The number of benzene rings is 3. The smallest absolute Gasteiger partial charge is 0.319 e. The number of piperazine rings is 1. The van der Waals surface area contributed by atoms with Crippen molar-refractivity contribution in [3.05, 3.63) is 53.3 Å². The molecule has 7 nitrogen and oxygen atoms in total. The summed E-state index contributed by atoms with van der Waals surface area (Å²) in [5, 5.41) is 16.5. The molecule has 3 aliphatic rings. The zero-order chi connectivity index (χ0) is 27.2.